The van der Waals surface area contributed by atoms with Gasteiger partial charge in [0.2, 0.25) is 5.91 Å². The molecule has 1 aromatic heterocycles. The summed E-state index contributed by atoms with van der Waals surface area (Å²) in [6, 6.07) is 7.65. The molecule has 0 fully saturated rings. The van der Waals surface area contributed by atoms with E-state index in [0.717, 1.165) is 11.3 Å². The summed E-state index contributed by atoms with van der Waals surface area (Å²) < 4.78 is 10.3. The number of benzene rings is 1. The maximum absolute atomic E-state index is 12.0. The lowest BCUT2D eigenvalue weighted by Crippen LogP contribution is -2.46. The molecule has 1 aromatic carbocycles. The van der Waals surface area contributed by atoms with E-state index in [1.807, 2.05) is 6.92 Å². The van der Waals surface area contributed by atoms with Gasteiger partial charge in [-0.25, -0.2) is 4.79 Å². The summed E-state index contributed by atoms with van der Waals surface area (Å²) in [4.78, 5) is 23.9. The van der Waals surface area contributed by atoms with Crippen molar-refractivity contribution in [1.82, 2.24) is 10.6 Å². The second-order valence-corrected chi connectivity index (χ2v) is 5.30. The van der Waals surface area contributed by atoms with Crippen molar-refractivity contribution in [2.24, 2.45) is 0 Å². The number of methoxy groups -OCH3 is 1. The third-order valence-corrected chi connectivity index (χ3v) is 3.41. The number of aryl methyl sites for hydroxylation is 1. The van der Waals surface area contributed by atoms with Crippen LogP contribution in [0.1, 0.15) is 18.2 Å². The van der Waals surface area contributed by atoms with Gasteiger partial charge in [-0.05, 0) is 49.7 Å². The van der Waals surface area contributed by atoms with Gasteiger partial charge in [0, 0.05) is 5.69 Å². The van der Waals surface area contributed by atoms with Crippen LogP contribution in [0.25, 0.3) is 0 Å². The van der Waals surface area contributed by atoms with Gasteiger partial charge in [-0.2, -0.15) is 0 Å². The van der Waals surface area contributed by atoms with E-state index in [9.17, 15) is 9.59 Å². The molecule has 1 atom stereocenters. The Kier molecular flexibility index (Phi) is 5.83. The summed E-state index contributed by atoms with van der Waals surface area (Å²) in [6.45, 7) is 3.76. The predicted octanol–water partition coefficient (Wildman–Crippen LogP) is 2.42. The summed E-state index contributed by atoms with van der Waals surface area (Å²) in [5.74, 6) is 1.09. The van der Waals surface area contributed by atoms with Gasteiger partial charge < -0.3 is 25.1 Å². The number of amides is 3. The highest BCUT2D eigenvalue weighted by atomic mass is 16.5. The Morgan fingerprint density at radius 1 is 1.29 bits per heavy atom. The average Bonchev–Trinajstić information content (AvgIpc) is 3.06. The van der Waals surface area contributed by atoms with Gasteiger partial charge in [-0.15, -0.1) is 0 Å². The van der Waals surface area contributed by atoms with Crippen molar-refractivity contribution < 1.29 is 18.7 Å². The Morgan fingerprint density at radius 2 is 2.08 bits per heavy atom. The van der Waals surface area contributed by atoms with Crippen LogP contribution in [-0.2, 0) is 11.3 Å². The fourth-order valence-electron chi connectivity index (χ4n) is 2.13. The number of furan rings is 1. The summed E-state index contributed by atoms with van der Waals surface area (Å²) in [6.07, 6.45) is 1.54. The topological polar surface area (TPSA) is 92.6 Å². The fourth-order valence-corrected chi connectivity index (χ4v) is 2.13. The van der Waals surface area contributed by atoms with E-state index in [1.165, 1.54) is 6.26 Å². The monoisotopic (exact) mass is 331 g/mol. The van der Waals surface area contributed by atoms with Gasteiger partial charge >= 0.3 is 6.03 Å². The number of rotatable bonds is 6. The van der Waals surface area contributed by atoms with Crippen LogP contribution in [0.2, 0.25) is 0 Å². The van der Waals surface area contributed by atoms with E-state index in [2.05, 4.69) is 16.0 Å². The standard InChI is InChI=1S/C17H21N3O4/c1-11-9-13(6-7-15(11)23-3)20-17(22)19-12(2)16(21)18-10-14-5-4-8-24-14/h4-9,12H,10H2,1-3H3,(H,18,21)(H2,19,20,22). The first-order valence-corrected chi connectivity index (χ1v) is 7.52. The van der Waals surface area contributed by atoms with E-state index in [1.54, 1.807) is 44.4 Å². The Bertz CT molecular complexity index is 698. The van der Waals surface area contributed by atoms with Crippen LogP contribution in [0.15, 0.2) is 41.0 Å². The number of hydrogen-bond donors (Lipinski definition) is 3. The van der Waals surface area contributed by atoms with Crippen molar-refractivity contribution >= 4 is 17.6 Å². The molecule has 2 rings (SSSR count). The van der Waals surface area contributed by atoms with Crippen molar-refractivity contribution in [3.8, 4) is 5.75 Å². The molecule has 7 heteroatoms. The summed E-state index contributed by atoms with van der Waals surface area (Å²) in [5, 5.41) is 7.95. The minimum absolute atomic E-state index is 0.275. The number of carbonyl (C=O) groups is 2. The first kappa shape index (κ1) is 17.4. The number of hydrogen-bond acceptors (Lipinski definition) is 4. The number of ether oxygens (including phenoxy) is 1. The van der Waals surface area contributed by atoms with Gasteiger partial charge in [-0.3, -0.25) is 4.79 Å². The Morgan fingerprint density at radius 3 is 2.71 bits per heavy atom. The van der Waals surface area contributed by atoms with Crippen molar-refractivity contribution in [2.75, 3.05) is 12.4 Å². The highest BCUT2D eigenvalue weighted by Gasteiger charge is 2.15. The molecule has 0 aliphatic heterocycles. The molecule has 1 unspecified atom stereocenters. The van der Waals surface area contributed by atoms with Crippen LogP contribution >= 0.6 is 0 Å². The minimum atomic E-state index is -0.681. The van der Waals surface area contributed by atoms with Crippen LogP contribution < -0.4 is 20.7 Å². The second-order valence-electron chi connectivity index (χ2n) is 5.30. The maximum Gasteiger partial charge on any atom is 0.319 e. The van der Waals surface area contributed by atoms with Gasteiger partial charge in [0.15, 0.2) is 0 Å². The molecule has 3 amide bonds. The van der Waals surface area contributed by atoms with Crippen molar-refractivity contribution in [2.45, 2.75) is 26.4 Å². The summed E-state index contributed by atoms with van der Waals surface area (Å²) in [7, 11) is 1.59. The average molecular weight is 331 g/mol. The van der Waals surface area contributed by atoms with Crippen molar-refractivity contribution in [3.05, 3.63) is 47.9 Å². The van der Waals surface area contributed by atoms with Gasteiger partial charge in [-0.1, -0.05) is 0 Å². The highest BCUT2D eigenvalue weighted by molar-refractivity contribution is 5.93. The molecule has 0 saturated carbocycles. The molecule has 128 valence electrons. The zero-order chi connectivity index (χ0) is 17.5. The third kappa shape index (κ3) is 4.77. The number of urea groups is 1. The summed E-state index contributed by atoms with van der Waals surface area (Å²) >= 11 is 0. The zero-order valence-electron chi connectivity index (χ0n) is 13.9. The van der Waals surface area contributed by atoms with Crippen molar-refractivity contribution in [1.29, 1.82) is 0 Å². The predicted molar refractivity (Wildman–Crippen MR) is 89.9 cm³/mol. The molecule has 0 radical (unpaired) electrons. The fraction of sp³-hybridized carbons (Fsp3) is 0.294. The molecule has 3 N–H and O–H groups in total. The lowest BCUT2D eigenvalue weighted by molar-refractivity contribution is -0.122. The molecule has 0 aliphatic carbocycles. The molecular weight excluding hydrogens is 310 g/mol. The van der Waals surface area contributed by atoms with Gasteiger partial charge in [0.1, 0.15) is 17.6 Å². The molecule has 2 aromatic rings. The normalized spacial score (nSPS) is 11.5. The van der Waals surface area contributed by atoms with Gasteiger partial charge in [0.25, 0.3) is 0 Å². The molecule has 0 aliphatic rings. The van der Waals surface area contributed by atoms with E-state index in [4.69, 9.17) is 9.15 Å². The zero-order valence-corrected chi connectivity index (χ0v) is 13.9. The number of anilines is 1. The molecule has 24 heavy (non-hydrogen) atoms. The largest absolute Gasteiger partial charge is 0.496 e. The number of nitrogens with one attached hydrogen (secondary N) is 3. The lowest BCUT2D eigenvalue weighted by atomic mass is 10.2. The molecule has 0 spiro atoms. The molecule has 7 nitrogen and oxygen atoms in total. The first-order valence-electron chi connectivity index (χ1n) is 7.52. The van der Waals surface area contributed by atoms with E-state index < -0.39 is 12.1 Å². The number of carbonyl (C=O) groups excluding carboxylic acids is 2. The molecule has 0 saturated heterocycles. The first-order chi connectivity index (χ1) is 11.5. The second kappa shape index (κ2) is 8.05. The lowest BCUT2D eigenvalue weighted by Gasteiger charge is -2.15. The Hall–Kier alpha value is -2.96. The maximum atomic E-state index is 12.0. The third-order valence-electron chi connectivity index (χ3n) is 3.41. The highest BCUT2D eigenvalue weighted by Crippen LogP contribution is 2.21. The molecule has 1 heterocycles. The van der Waals surface area contributed by atoms with Gasteiger partial charge in [0.05, 0.1) is 19.9 Å². The van der Waals surface area contributed by atoms with Crippen LogP contribution in [0.5, 0.6) is 5.75 Å². The van der Waals surface area contributed by atoms with E-state index >= 15 is 0 Å². The minimum Gasteiger partial charge on any atom is -0.496 e. The Balaban J connectivity index is 1.82. The smallest absolute Gasteiger partial charge is 0.319 e. The van der Waals surface area contributed by atoms with Crippen LogP contribution in [-0.4, -0.2) is 25.1 Å². The quantitative estimate of drug-likeness (QED) is 0.758. The van der Waals surface area contributed by atoms with E-state index in [-0.39, 0.29) is 12.5 Å². The van der Waals surface area contributed by atoms with Crippen LogP contribution in [0.4, 0.5) is 10.5 Å². The Labute approximate surface area is 140 Å². The van der Waals surface area contributed by atoms with Crippen molar-refractivity contribution in [3.63, 3.8) is 0 Å². The van der Waals surface area contributed by atoms with Crippen LogP contribution in [0, 0.1) is 6.92 Å². The van der Waals surface area contributed by atoms with E-state index in [0.29, 0.717) is 11.4 Å². The molecule has 0 bridgehead atoms. The summed E-state index contributed by atoms with van der Waals surface area (Å²) in [5.41, 5.74) is 1.52. The molecular formula is C17H21N3O4. The van der Waals surface area contributed by atoms with Crippen LogP contribution in [0.3, 0.4) is 0 Å². The SMILES string of the molecule is COc1ccc(NC(=O)NC(C)C(=O)NCc2ccco2)cc1C.